The minimum atomic E-state index is -0.159. The molecule has 4 aliphatic rings. The first-order chi connectivity index (χ1) is 25.5. The smallest absolute Gasteiger partial charge is 1.00 e. The summed E-state index contributed by atoms with van der Waals surface area (Å²) < 4.78 is 33.0. The van der Waals surface area contributed by atoms with Crippen molar-refractivity contribution in [2.75, 3.05) is 0 Å². The van der Waals surface area contributed by atoms with Gasteiger partial charge in [0, 0.05) is 11.1 Å². The maximum Gasteiger partial charge on any atom is -1.00 e. The molecule has 5 heteroatoms. The van der Waals surface area contributed by atoms with E-state index in [-0.39, 0.29) is 48.3 Å². The van der Waals surface area contributed by atoms with Gasteiger partial charge in [0.15, 0.2) is 0 Å². The number of fused-ring (bicyclic) bond motifs is 2. The fraction of sp³-hybridized carbons (Fsp3) is 0.163. The number of rotatable bonds is 6. The fourth-order valence-corrected chi connectivity index (χ4v) is 7.17. The molecule has 0 nitrogen and oxygen atoms in total. The minimum absolute atomic E-state index is 0. The molecule has 2 atom stereocenters. The molecule has 54 heavy (non-hydrogen) atoms. The zero-order valence-corrected chi connectivity index (χ0v) is 35.7. The van der Waals surface area contributed by atoms with Crippen molar-refractivity contribution >= 4 is 4.26 Å². The Morgan fingerprint density at radius 3 is 1.33 bits per heavy atom. The van der Waals surface area contributed by atoms with Crippen molar-refractivity contribution in [3.8, 4) is 22.3 Å². The molecule has 0 bridgehead atoms. The third-order valence-corrected chi connectivity index (χ3v) is 9.89. The molecular formula is C49H42Cl2F2Hf-2. The first-order valence-corrected chi connectivity index (χ1v) is 20.5. The van der Waals surface area contributed by atoms with E-state index in [9.17, 15) is 8.78 Å². The van der Waals surface area contributed by atoms with Crippen LogP contribution in [0.3, 0.4) is 0 Å². The molecule has 0 radical (unpaired) electrons. The van der Waals surface area contributed by atoms with Crippen LogP contribution in [-0.4, -0.2) is 4.26 Å². The molecule has 4 aromatic rings. The standard InChI is InChI=1S/2C24H20F.CH2.2ClH.Hf/c2*1-2-17-14-19-10-6-7-11-21(23(19)15-17)20-12-13-22(24(25)16-20)18-8-4-3-5-9-18;;;;/h2*3-10,12-13,15-16,21H,2,11H2,1H3;1H2;2*1H;/q2*-1;;;;+2/p-2. The summed E-state index contributed by atoms with van der Waals surface area (Å²) in [7, 11) is 0. The zero-order chi connectivity index (χ0) is 36.5. The Hall–Kier alpha value is -4.02. The molecule has 0 heterocycles. The summed E-state index contributed by atoms with van der Waals surface area (Å²) in [4.78, 5) is 0. The van der Waals surface area contributed by atoms with Gasteiger partial charge in [0.1, 0.15) is 11.6 Å². The van der Waals surface area contributed by atoms with E-state index >= 15 is 0 Å². The number of hydrogen-bond donors (Lipinski definition) is 0. The maximum absolute atomic E-state index is 14.8. The normalized spacial score (nSPS) is 17.7. The van der Waals surface area contributed by atoms with Gasteiger partial charge in [-0.2, -0.15) is 34.4 Å². The van der Waals surface area contributed by atoms with Crippen molar-refractivity contribution in [2.45, 2.75) is 51.4 Å². The van der Waals surface area contributed by atoms with Crippen LogP contribution < -0.4 is 24.8 Å². The number of hydrogen-bond acceptors (Lipinski definition) is 0. The molecule has 0 saturated carbocycles. The molecule has 0 aliphatic heterocycles. The molecule has 4 aromatic carbocycles. The predicted molar refractivity (Wildman–Crippen MR) is 210 cm³/mol. The summed E-state index contributed by atoms with van der Waals surface area (Å²) in [5.74, 6) is 0.0455. The number of benzene rings is 4. The Morgan fingerprint density at radius 1 is 0.593 bits per heavy atom. The van der Waals surface area contributed by atoms with Gasteiger partial charge >= 0.3 is 28.2 Å². The second kappa shape index (κ2) is 20.6. The summed E-state index contributed by atoms with van der Waals surface area (Å²) in [5.41, 5.74) is 12.4. The van der Waals surface area contributed by atoms with E-state index in [0.29, 0.717) is 11.1 Å². The van der Waals surface area contributed by atoms with Crippen molar-refractivity contribution in [1.82, 2.24) is 0 Å². The molecule has 0 N–H and O–H groups in total. The van der Waals surface area contributed by atoms with Crippen LogP contribution in [0.5, 0.6) is 0 Å². The molecule has 0 saturated heterocycles. The molecule has 0 amide bonds. The Morgan fingerprint density at radius 2 is 0.981 bits per heavy atom. The molecule has 0 aromatic heterocycles. The Labute approximate surface area is 347 Å². The van der Waals surface area contributed by atoms with Crippen molar-refractivity contribution < 1.29 is 57.5 Å². The maximum atomic E-state index is 14.8. The average Bonchev–Trinajstić information content (AvgIpc) is 3.67. The van der Waals surface area contributed by atoms with Crippen molar-refractivity contribution in [3.05, 3.63) is 214 Å². The summed E-state index contributed by atoms with van der Waals surface area (Å²) in [5, 5.41) is 0. The topological polar surface area (TPSA) is 0 Å². The van der Waals surface area contributed by atoms with Crippen LogP contribution in [-0.2, 0) is 23.9 Å². The summed E-state index contributed by atoms with van der Waals surface area (Å²) >= 11 is 1.06. The Balaban J connectivity index is 0.000000222. The molecular weight excluding hydrogens is 876 g/mol. The molecule has 4 aliphatic carbocycles. The van der Waals surface area contributed by atoms with Crippen LogP contribution in [0.25, 0.3) is 22.3 Å². The first kappa shape index (κ1) is 42.7. The van der Waals surface area contributed by atoms with Crippen LogP contribution in [0, 0.1) is 23.8 Å². The molecule has 8 rings (SSSR count). The van der Waals surface area contributed by atoms with E-state index in [1.54, 1.807) is 12.1 Å². The van der Waals surface area contributed by atoms with Gasteiger partial charge in [-0.15, -0.1) is 47.6 Å². The van der Waals surface area contributed by atoms with Crippen LogP contribution in [0.4, 0.5) is 8.78 Å². The van der Waals surface area contributed by atoms with Gasteiger partial charge in [0.2, 0.25) is 0 Å². The van der Waals surface area contributed by atoms with Crippen LogP contribution in [0.1, 0.15) is 62.5 Å². The number of allylic oxidation sites excluding steroid dienone is 16. The van der Waals surface area contributed by atoms with E-state index < -0.39 is 0 Å². The van der Waals surface area contributed by atoms with Gasteiger partial charge in [-0.3, -0.25) is 0 Å². The number of halogens is 4. The van der Waals surface area contributed by atoms with E-state index in [1.807, 2.05) is 72.8 Å². The third-order valence-electron chi connectivity index (χ3n) is 9.89. The van der Waals surface area contributed by atoms with Crippen LogP contribution in [0.15, 0.2) is 179 Å². The van der Waals surface area contributed by atoms with Gasteiger partial charge < -0.3 is 24.8 Å². The first-order valence-electron chi connectivity index (χ1n) is 18.0. The van der Waals surface area contributed by atoms with Gasteiger partial charge in [0.05, 0.1) is 0 Å². The van der Waals surface area contributed by atoms with E-state index in [0.717, 1.165) is 83.0 Å². The van der Waals surface area contributed by atoms with Gasteiger partial charge in [-0.1, -0.05) is 111 Å². The van der Waals surface area contributed by atoms with Crippen molar-refractivity contribution in [1.29, 1.82) is 0 Å². The van der Waals surface area contributed by atoms with E-state index in [4.69, 9.17) is 0 Å². The van der Waals surface area contributed by atoms with Crippen LogP contribution in [0.2, 0.25) is 0 Å². The Bertz CT molecular complexity index is 2010. The third kappa shape index (κ3) is 9.79. The molecule has 272 valence electrons. The van der Waals surface area contributed by atoms with Crippen molar-refractivity contribution in [3.63, 3.8) is 0 Å². The molecule has 0 fully saturated rings. The summed E-state index contributed by atoms with van der Waals surface area (Å²) in [6.07, 6.45) is 27.8. The fourth-order valence-electron chi connectivity index (χ4n) is 7.17. The summed E-state index contributed by atoms with van der Waals surface area (Å²) in [6.45, 7) is 4.29. The monoisotopic (exact) mass is 918 g/mol. The second-order valence-corrected chi connectivity index (χ2v) is 13.0. The van der Waals surface area contributed by atoms with Gasteiger partial charge in [0.25, 0.3) is 0 Å². The molecule has 2 unspecified atom stereocenters. The SMILES string of the molecule is CCC1=[C-]C2=CC=CCC(c3ccc(-c4ccccc4)c(F)c3)C2=C1.CCC1=[C-]C2=CC=CCC(c3ccc(-c4ccccc4)c(F)c3)C2=C1.[CH2]=[Hf+2].[Cl-].[Cl-]. The largest absolute Gasteiger partial charge is 1.00 e. The summed E-state index contributed by atoms with van der Waals surface area (Å²) in [6, 6.07) is 30.8. The molecule has 0 spiro atoms. The van der Waals surface area contributed by atoms with Gasteiger partial charge in [-0.25, -0.2) is 8.78 Å². The average molecular weight is 918 g/mol. The second-order valence-electron chi connectivity index (χ2n) is 13.0. The van der Waals surface area contributed by atoms with E-state index in [2.05, 4.69) is 91.0 Å². The predicted octanol–water partition coefficient (Wildman–Crippen LogP) is 7.06. The quantitative estimate of drug-likeness (QED) is 0.144. The minimum Gasteiger partial charge on any atom is -1.00 e. The van der Waals surface area contributed by atoms with Gasteiger partial charge in [-0.05, 0) is 71.9 Å². The van der Waals surface area contributed by atoms with Crippen LogP contribution >= 0.6 is 0 Å². The van der Waals surface area contributed by atoms with Crippen molar-refractivity contribution in [2.24, 2.45) is 0 Å². The zero-order valence-electron chi connectivity index (χ0n) is 30.6. The Kier molecular flexibility index (Phi) is 16.3. The van der Waals surface area contributed by atoms with E-state index in [1.165, 1.54) is 22.3 Å².